The fourth-order valence-electron chi connectivity index (χ4n) is 1.30. The molecule has 1 aromatic rings. The lowest BCUT2D eigenvalue weighted by Gasteiger charge is -2.31. The van der Waals surface area contributed by atoms with Crippen molar-refractivity contribution < 1.29 is 9.53 Å². The van der Waals surface area contributed by atoms with E-state index in [1.165, 1.54) is 0 Å². The minimum absolute atomic E-state index is 0.103. The number of carbonyl (C=O) groups is 1. The normalized spacial score (nSPS) is 18.1. The summed E-state index contributed by atoms with van der Waals surface area (Å²) in [6.07, 6.45) is 0. The van der Waals surface area contributed by atoms with Crippen LogP contribution in [0.5, 0.6) is 5.75 Å². The smallest absolute Gasteiger partial charge is 0.268 e. The van der Waals surface area contributed by atoms with Gasteiger partial charge in [0.2, 0.25) is 0 Å². The average Bonchev–Trinajstić information content (AvgIpc) is 2.08. The Kier molecular flexibility index (Phi) is 2.17. The van der Waals surface area contributed by atoms with E-state index >= 15 is 0 Å². The zero-order chi connectivity index (χ0) is 10.3. The van der Waals surface area contributed by atoms with Gasteiger partial charge in [-0.05, 0) is 48.6 Å². The van der Waals surface area contributed by atoms with Gasteiger partial charge in [0.15, 0.2) is 5.60 Å². The number of hydrogen-bond donors (Lipinski definition) is 1. The summed E-state index contributed by atoms with van der Waals surface area (Å²) in [6.45, 7) is 3.51. The zero-order valence-corrected chi connectivity index (χ0v) is 10.1. The highest BCUT2D eigenvalue weighted by atomic mass is 127. The zero-order valence-electron chi connectivity index (χ0n) is 7.93. The predicted octanol–water partition coefficient (Wildman–Crippen LogP) is 2.40. The van der Waals surface area contributed by atoms with Crippen molar-refractivity contribution in [3.8, 4) is 5.75 Å². The molecule has 74 valence electrons. The van der Waals surface area contributed by atoms with Crippen molar-refractivity contribution in [2.75, 3.05) is 5.32 Å². The number of hydrogen-bond acceptors (Lipinski definition) is 2. The van der Waals surface area contributed by atoms with E-state index in [1.807, 2.05) is 18.2 Å². The van der Waals surface area contributed by atoms with Crippen LogP contribution in [-0.2, 0) is 4.79 Å². The molecule has 1 amide bonds. The number of para-hydroxylation sites is 1. The van der Waals surface area contributed by atoms with E-state index in [2.05, 4.69) is 27.9 Å². The lowest BCUT2D eigenvalue weighted by Crippen LogP contribution is -2.45. The van der Waals surface area contributed by atoms with Gasteiger partial charge < -0.3 is 10.1 Å². The third-order valence-electron chi connectivity index (χ3n) is 2.13. The number of amides is 1. The van der Waals surface area contributed by atoms with Gasteiger partial charge >= 0.3 is 0 Å². The van der Waals surface area contributed by atoms with Crippen LogP contribution in [0, 0.1) is 3.57 Å². The molecule has 14 heavy (non-hydrogen) atoms. The molecule has 1 aliphatic rings. The van der Waals surface area contributed by atoms with Crippen LogP contribution in [0.3, 0.4) is 0 Å². The highest BCUT2D eigenvalue weighted by Gasteiger charge is 2.35. The fourth-order valence-corrected chi connectivity index (χ4v) is 1.90. The van der Waals surface area contributed by atoms with E-state index in [4.69, 9.17) is 4.74 Å². The summed E-state index contributed by atoms with van der Waals surface area (Å²) in [5, 5.41) is 2.85. The lowest BCUT2D eigenvalue weighted by molar-refractivity contribution is -0.129. The average molecular weight is 303 g/mol. The van der Waals surface area contributed by atoms with Crippen molar-refractivity contribution in [3.63, 3.8) is 0 Å². The molecular formula is C10H10INO2. The number of nitrogens with one attached hydrogen (secondary N) is 1. The number of benzene rings is 1. The molecule has 0 radical (unpaired) electrons. The molecule has 4 heteroatoms. The van der Waals surface area contributed by atoms with Crippen molar-refractivity contribution in [1.29, 1.82) is 0 Å². The Balaban J connectivity index is 2.51. The molecule has 0 unspecified atom stereocenters. The number of halogens is 1. The minimum Gasteiger partial charge on any atom is -0.476 e. The van der Waals surface area contributed by atoms with E-state index in [-0.39, 0.29) is 5.91 Å². The van der Waals surface area contributed by atoms with Crippen LogP contribution >= 0.6 is 22.6 Å². The van der Waals surface area contributed by atoms with Gasteiger partial charge in [-0.1, -0.05) is 6.07 Å². The predicted molar refractivity (Wildman–Crippen MR) is 62.5 cm³/mol. The van der Waals surface area contributed by atoms with Crippen molar-refractivity contribution in [2.45, 2.75) is 19.4 Å². The standard InChI is InChI=1S/C10H10INO2/c1-10(2)9(13)12-8-6(11)4-3-5-7(8)14-10/h3-5H,1-2H3,(H,12,13). The maximum Gasteiger partial charge on any atom is 0.268 e. The van der Waals surface area contributed by atoms with Gasteiger partial charge in [0.25, 0.3) is 5.91 Å². The van der Waals surface area contributed by atoms with Crippen LogP contribution in [0.4, 0.5) is 5.69 Å². The van der Waals surface area contributed by atoms with Crippen LogP contribution in [-0.4, -0.2) is 11.5 Å². The Hall–Kier alpha value is -0.780. The molecule has 1 N–H and O–H groups in total. The van der Waals surface area contributed by atoms with Crippen LogP contribution in [0.1, 0.15) is 13.8 Å². The first-order chi connectivity index (χ1) is 6.50. The first kappa shape index (κ1) is 9.76. The first-order valence-corrected chi connectivity index (χ1v) is 5.37. The number of anilines is 1. The summed E-state index contributed by atoms with van der Waals surface area (Å²) in [4.78, 5) is 11.6. The van der Waals surface area contributed by atoms with Gasteiger partial charge in [-0.25, -0.2) is 0 Å². The summed E-state index contributed by atoms with van der Waals surface area (Å²) in [5.74, 6) is 0.635. The van der Waals surface area contributed by atoms with E-state index in [0.29, 0.717) is 0 Å². The van der Waals surface area contributed by atoms with E-state index in [9.17, 15) is 4.79 Å². The van der Waals surface area contributed by atoms with Gasteiger partial charge in [-0.2, -0.15) is 0 Å². The quantitative estimate of drug-likeness (QED) is 0.747. The van der Waals surface area contributed by atoms with Crippen molar-refractivity contribution in [3.05, 3.63) is 21.8 Å². The van der Waals surface area contributed by atoms with Gasteiger partial charge in [0.1, 0.15) is 5.75 Å². The molecule has 0 aromatic heterocycles. The molecule has 1 heterocycles. The molecule has 1 aromatic carbocycles. The summed E-state index contributed by atoms with van der Waals surface area (Å²) in [5.41, 5.74) is -0.00493. The van der Waals surface area contributed by atoms with Crippen molar-refractivity contribution in [2.24, 2.45) is 0 Å². The van der Waals surface area contributed by atoms with E-state index in [1.54, 1.807) is 13.8 Å². The Morgan fingerprint density at radius 3 is 2.86 bits per heavy atom. The second-order valence-corrected chi connectivity index (χ2v) is 4.84. The number of rotatable bonds is 0. The third-order valence-corrected chi connectivity index (χ3v) is 3.02. The Morgan fingerprint density at radius 1 is 1.43 bits per heavy atom. The highest BCUT2D eigenvalue weighted by molar-refractivity contribution is 14.1. The maximum atomic E-state index is 11.6. The maximum absolute atomic E-state index is 11.6. The van der Waals surface area contributed by atoms with Crippen molar-refractivity contribution in [1.82, 2.24) is 0 Å². The highest BCUT2D eigenvalue weighted by Crippen LogP contribution is 2.36. The van der Waals surface area contributed by atoms with E-state index < -0.39 is 5.60 Å². The van der Waals surface area contributed by atoms with Gasteiger partial charge in [-0.3, -0.25) is 4.79 Å². The third kappa shape index (κ3) is 1.47. The largest absolute Gasteiger partial charge is 0.476 e. The second-order valence-electron chi connectivity index (χ2n) is 3.68. The topological polar surface area (TPSA) is 38.3 Å². The number of fused-ring (bicyclic) bond motifs is 1. The van der Waals surface area contributed by atoms with E-state index in [0.717, 1.165) is 15.0 Å². The minimum atomic E-state index is -0.780. The molecule has 0 fully saturated rings. The van der Waals surface area contributed by atoms with Gasteiger partial charge in [-0.15, -0.1) is 0 Å². The number of ether oxygens (including phenoxy) is 1. The first-order valence-electron chi connectivity index (χ1n) is 4.30. The lowest BCUT2D eigenvalue weighted by atomic mass is 10.1. The SMILES string of the molecule is CC1(C)Oc2cccc(I)c2NC1=O. The van der Waals surface area contributed by atoms with Crippen LogP contribution in [0.2, 0.25) is 0 Å². The Labute approximate surface area is 96.0 Å². The van der Waals surface area contributed by atoms with Crippen molar-refractivity contribution >= 4 is 34.2 Å². The molecule has 0 saturated carbocycles. The molecule has 0 bridgehead atoms. The molecule has 2 rings (SSSR count). The molecule has 0 aliphatic carbocycles. The van der Waals surface area contributed by atoms with Gasteiger partial charge in [0, 0.05) is 3.57 Å². The van der Waals surface area contributed by atoms with Crippen LogP contribution < -0.4 is 10.1 Å². The summed E-state index contributed by atoms with van der Waals surface area (Å²) in [6, 6.07) is 5.70. The van der Waals surface area contributed by atoms with Crippen LogP contribution in [0.15, 0.2) is 18.2 Å². The second kappa shape index (κ2) is 3.12. The Bertz CT molecular complexity index is 401. The Morgan fingerprint density at radius 2 is 2.14 bits per heavy atom. The summed E-state index contributed by atoms with van der Waals surface area (Å²) >= 11 is 2.17. The van der Waals surface area contributed by atoms with Crippen LogP contribution in [0.25, 0.3) is 0 Å². The summed E-state index contributed by atoms with van der Waals surface area (Å²) in [7, 11) is 0. The number of carbonyl (C=O) groups excluding carboxylic acids is 1. The molecular weight excluding hydrogens is 293 g/mol. The molecule has 3 nitrogen and oxygen atoms in total. The summed E-state index contributed by atoms with van der Waals surface area (Å²) < 4.78 is 6.59. The molecule has 0 saturated heterocycles. The molecule has 1 aliphatic heterocycles. The molecule has 0 atom stereocenters. The molecule has 0 spiro atoms. The fraction of sp³-hybridized carbons (Fsp3) is 0.300. The monoisotopic (exact) mass is 303 g/mol. The van der Waals surface area contributed by atoms with Gasteiger partial charge in [0.05, 0.1) is 5.69 Å².